The van der Waals surface area contributed by atoms with Crippen LogP contribution in [0.4, 0.5) is 0 Å². The lowest BCUT2D eigenvalue weighted by Crippen LogP contribution is -2.17. The number of benzene rings is 1. The largest absolute Gasteiger partial charge is 0.481 e. The molecule has 100 valence electrons. The van der Waals surface area contributed by atoms with Gasteiger partial charge >= 0.3 is 5.97 Å². The Labute approximate surface area is 114 Å². The van der Waals surface area contributed by atoms with Crippen molar-refractivity contribution in [3.63, 3.8) is 0 Å². The minimum atomic E-state index is -0.849. The molecule has 0 saturated heterocycles. The molecule has 2 aromatic rings. The molecule has 0 bridgehead atoms. The molecule has 19 heavy (non-hydrogen) atoms. The zero-order valence-electron chi connectivity index (χ0n) is 9.97. The van der Waals surface area contributed by atoms with Crippen LogP contribution >= 0.6 is 11.6 Å². The summed E-state index contributed by atoms with van der Waals surface area (Å²) in [5.74, 6) is 0.00976. The van der Waals surface area contributed by atoms with Crippen molar-refractivity contribution in [2.24, 2.45) is 0 Å². The second-order valence-corrected chi connectivity index (χ2v) is 4.28. The first-order chi connectivity index (χ1) is 9.15. The van der Waals surface area contributed by atoms with Gasteiger partial charge in [0.2, 0.25) is 11.7 Å². The van der Waals surface area contributed by atoms with Crippen molar-refractivity contribution in [3.8, 4) is 11.4 Å². The molecule has 0 atom stereocenters. The summed E-state index contributed by atoms with van der Waals surface area (Å²) in [6.45, 7) is 0.686. The minimum absolute atomic E-state index is 0.0509. The summed E-state index contributed by atoms with van der Waals surface area (Å²) in [5.41, 5.74) is 0.771. The van der Waals surface area contributed by atoms with Crippen molar-refractivity contribution in [3.05, 3.63) is 35.2 Å². The van der Waals surface area contributed by atoms with Gasteiger partial charge in [0, 0.05) is 17.1 Å². The van der Waals surface area contributed by atoms with E-state index in [1.165, 1.54) is 0 Å². The van der Waals surface area contributed by atoms with Crippen LogP contribution in [0.1, 0.15) is 12.3 Å². The number of rotatable bonds is 6. The summed E-state index contributed by atoms with van der Waals surface area (Å²) in [6, 6.07) is 7.14. The van der Waals surface area contributed by atoms with Crippen molar-refractivity contribution in [1.82, 2.24) is 15.5 Å². The third kappa shape index (κ3) is 4.04. The van der Waals surface area contributed by atoms with E-state index < -0.39 is 5.97 Å². The molecular weight excluding hydrogens is 270 g/mol. The molecule has 1 aromatic heterocycles. The van der Waals surface area contributed by atoms with Crippen molar-refractivity contribution in [2.45, 2.75) is 13.0 Å². The van der Waals surface area contributed by atoms with E-state index in [1.54, 1.807) is 18.2 Å². The molecule has 1 aromatic carbocycles. The van der Waals surface area contributed by atoms with Crippen LogP contribution in [0.2, 0.25) is 5.02 Å². The molecule has 0 radical (unpaired) electrons. The number of carboxylic acid groups (broad SMARTS) is 1. The van der Waals surface area contributed by atoms with E-state index in [9.17, 15) is 4.79 Å². The van der Waals surface area contributed by atoms with Gasteiger partial charge in [0.1, 0.15) is 0 Å². The first kappa shape index (κ1) is 13.5. The van der Waals surface area contributed by atoms with Crippen LogP contribution in [0.15, 0.2) is 28.8 Å². The van der Waals surface area contributed by atoms with Crippen LogP contribution in [-0.2, 0) is 11.3 Å². The zero-order valence-corrected chi connectivity index (χ0v) is 10.7. The highest BCUT2D eigenvalue weighted by atomic mass is 35.5. The van der Waals surface area contributed by atoms with E-state index in [1.807, 2.05) is 6.07 Å². The molecule has 1 heterocycles. The molecule has 2 N–H and O–H groups in total. The summed E-state index contributed by atoms with van der Waals surface area (Å²) in [7, 11) is 0. The summed E-state index contributed by atoms with van der Waals surface area (Å²) in [4.78, 5) is 14.5. The molecule has 0 aliphatic heterocycles. The van der Waals surface area contributed by atoms with Crippen molar-refractivity contribution < 1.29 is 14.4 Å². The van der Waals surface area contributed by atoms with E-state index in [0.717, 1.165) is 5.56 Å². The summed E-state index contributed by atoms with van der Waals surface area (Å²) in [6.07, 6.45) is 0.0509. The lowest BCUT2D eigenvalue weighted by Gasteiger charge is -1.97. The highest BCUT2D eigenvalue weighted by Gasteiger charge is 2.08. The SMILES string of the molecule is O=C(O)CCNCc1nc(-c2cccc(Cl)c2)no1. The second kappa shape index (κ2) is 6.31. The maximum absolute atomic E-state index is 10.3. The zero-order chi connectivity index (χ0) is 13.7. The Morgan fingerprint density at radius 1 is 1.47 bits per heavy atom. The van der Waals surface area contributed by atoms with Crippen LogP contribution in [0.5, 0.6) is 0 Å². The Morgan fingerprint density at radius 2 is 2.32 bits per heavy atom. The average Bonchev–Trinajstić information content (AvgIpc) is 2.83. The molecular formula is C12H12ClN3O3. The Bertz CT molecular complexity index is 571. The molecule has 2 rings (SSSR count). The monoisotopic (exact) mass is 281 g/mol. The van der Waals surface area contributed by atoms with Gasteiger partial charge in [-0.15, -0.1) is 0 Å². The lowest BCUT2D eigenvalue weighted by molar-refractivity contribution is -0.136. The Kier molecular flexibility index (Phi) is 4.48. The van der Waals surface area contributed by atoms with E-state index >= 15 is 0 Å². The van der Waals surface area contributed by atoms with E-state index in [4.69, 9.17) is 21.2 Å². The maximum atomic E-state index is 10.3. The van der Waals surface area contributed by atoms with Gasteiger partial charge in [0.15, 0.2) is 0 Å². The fourth-order valence-electron chi connectivity index (χ4n) is 1.46. The Morgan fingerprint density at radius 3 is 3.05 bits per heavy atom. The summed E-state index contributed by atoms with van der Waals surface area (Å²) < 4.78 is 5.05. The molecule has 7 heteroatoms. The van der Waals surface area contributed by atoms with Gasteiger partial charge < -0.3 is 14.9 Å². The third-order valence-electron chi connectivity index (χ3n) is 2.34. The van der Waals surface area contributed by atoms with Crippen molar-refractivity contribution in [1.29, 1.82) is 0 Å². The standard InChI is InChI=1S/C12H12ClN3O3/c13-9-3-1-2-8(6-9)12-15-10(19-16-12)7-14-5-4-11(17)18/h1-3,6,14H,4-5,7H2,(H,17,18). The van der Waals surface area contributed by atoms with Gasteiger partial charge in [-0.3, -0.25) is 4.79 Å². The first-order valence-corrected chi connectivity index (χ1v) is 6.04. The molecule has 0 aliphatic rings. The fourth-order valence-corrected chi connectivity index (χ4v) is 1.65. The number of nitrogens with zero attached hydrogens (tertiary/aromatic N) is 2. The average molecular weight is 282 g/mol. The Balaban J connectivity index is 1.94. The van der Waals surface area contributed by atoms with Gasteiger partial charge in [-0.1, -0.05) is 28.9 Å². The van der Waals surface area contributed by atoms with Crippen LogP contribution in [0, 0.1) is 0 Å². The smallest absolute Gasteiger partial charge is 0.304 e. The van der Waals surface area contributed by atoms with E-state index in [0.29, 0.717) is 29.8 Å². The number of hydrogen-bond acceptors (Lipinski definition) is 5. The van der Waals surface area contributed by atoms with Crippen LogP contribution in [0.25, 0.3) is 11.4 Å². The number of hydrogen-bond donors (Lipinski definition) is 2. The maximum Gasteiger partial charge on any atom is 0.304 e. The van der Waals surface area contributed by atoms with E-state index in [2.05, 4.69) is 15.5 Å². The summed E-state index contributed by atoms with van der Waals surface area (Å²) in [5, 5.41) is 15.8. The van der Waals surface area contributed by atoms with Gasteiger partial charge in [-0.2, -0.15) is 4.98 Å². The predicted molar refractivity (Wildman–Crippen MR) is 68.7 cm³/mol. The quantitative estimate of drug-likeness (QED) is 0.787. The van der Waals surface area contributed by atoms with Crippen molar-refractivity contribution in [2.75, 3.05) is 6.54 Å². The van der Waals surface area contributed by atoms with Gasteiger partial charge in [0.25, 0.3) is 0 Å². The van der Waals surface area contributed by atoms with E-state index in [-0.39, 0.29) is 6.42 Å². The predicted octanol–water partition coefficient (Wildman–Crippen LogP) is 1.95. The molecule has 0 fully saturated rings. The highest BCUT2D eigenvalue weighted by Crippen LogP contribution is 2.19. The van der Waals surface area contributed by atoms with Crippen molar-refractivity contribution >= 4 is 17.6 Å². The first-order valence-electron chi connectivity index (χ1n) is 5.66. The third-order valence-corrected chi connectivity index (χ3v) is 2.58. The van der Waals surface area contributed by atoms with Crippen LogP contribution in [0.3, 0.4) is 0 Å². The topological polar surface area (TPSA) is 88.2 Å². The summed E-state index contributed by atoms with van der Waals surface area (Å²) >= 11 is 5.88. The van der Waals surface area contributed by atoms with Gasteiger partial charge in [-0.25, -0.2) is 0 Å². The van der Waals surface area contributed by atoms with Crippen LogP contribution in [-0.4, -0.2) is 27.8 Å². The number of halogens is 1. The highest BCUT2D eigenvalue weighted by molar-refractivity contribution is 6.30. The number of carbonyl (C=O) groups is 1. The molecule has 0 spiro atoms. The molecule has 0 aliphatic carbocycles. The Hall–Kier alpha value is -1.92. The number of carboxylic acids is 1. The molecule has 0 saturated carbocycles. The second-order valence-electron chi connectivity index (χ2n) is 3.84. The fraction of sp³-hybridized carbons (Fsp3) is 0.250. The number of aliphatic carboxylic acids is 1. The molecule has 0 amide bonds. The van der Waals surface area contributed by atoms with Gasteiger partial charge in [0.05, 0.1) is 13.0 Å². The normalized spacial score (nSPS) is 10.6. The minimum Gasteiger partial charge on any atom is -0.481 e. The number of nitrogens with one attached hydrogen (secondary N) is 1. The van der Waals surface area contributed by atoms with Crippen LogP contribution < -0.4 is 5.32 Å². The lowest BCUT2D eigenvalue weighted by atomic mass is 10.2. The molecule has 6 nitrogen and oxygen atoms in total. The van der Waals surface area contributed by atoms with Gasteiger partial charge in [-0.05, 0) is 12.1 Å². The number of aromatic nitrogens is 2. The molecule has 0 unspecified atom stereocenters.